The Kier molecular flexibility index (Phi) is 4.18. The topological polar surface area (TPSA) is 64.4 Å². The summed E-state index contributed by atoms with van der Waals surface area (Å²) in [5, 5.41) is 2.76. The van der Waals surface area contributed by atoms with E-state index < -0.39 is 0 Å². The lowest BCUT2D eigenvalue weighted by atomic mass is 10.1. The number of nitrogens with one attached hydrogen (secondary N) is 1. The molecule has 5 nitrogen and oxygen atoms in total. The molecule has 0 aliphatic carbocycles. The summed E-state index contributed by atoms with van der Waals surface area (Å²) in [6.45, 7) is 2.12. The van der Waals surface area contributed by atoms with Crippen molar-refractivity contribution in [3.63, 3.8) is 0 Å². The van der Waals surface area contributed by atoms with Gasteiger partial charge in [0.1, 0.15) is 11.5 Å². The Balaban J connectivity index is 1.83. The molecule has 19 heavy (non-hydrogen) atoms. The van der Waals surface area contributed by atoms with E-state index >= 15 is 0 Å². The summed E-state index contributed by atoms with van der Waals surface area (Å²) in [5.74, 6) is 1.96. The van der Waals surface area contributed by atoms with Gasteiger partial charge in [-0.15, -0.1) is 0 Å². The maximum absolute atomic E-state index is 11.7. The number of methoxy groups -OCH3 is 1. The lowest BCUT2D eigenvalue weighted by Crippen LogP contribution is -2.24. The van der Waals surface area contributed by atoms with Gasteiger partial charge in [-0.3, -0.25) is 4.79 Å². The smallest absolute Gasteiger partial charge is 0.224 e. The molecule has 0 aliphatic heterocycles. The van der Waals surface area contributed by atoms with E-state index in [1.807, 2.05) is 31.2 Å². The summed E-state index contributed by atoms with van der Waals surface area (Å²) >= 11 is 0. The molecular formula is C14H16N2O3. The second-order valence-corrected chi connectivity index (χ2v) is 4.17. The molecule has 0 spiro atoms. The van der Waals surface area contributed by atoms with Gasteiger partial charge in [-0.05, 0) is 24.6 Å². The molecule has 1 heterocycles. The number of aryl methyl sites for hydroxylation is 1. The molecule has 1 N–H and O–H groups in total. The van der Waals surface area contributed by atoms with Gasteiger partial charge in [-0.1, -0.05) is 12.1 Å². The molecule has 0 unspecified atom stereocenters. The predicted octanol–water partition coefficient (Wildman–Crippen LogP) is 1.85. The SMILES string of the molecule is COc1ccc(CC(=O)NCc2ncc(C)o2)cc1. The molecule has 1 aromatic carbocycles. The van der Waals surface area contributed by atoms with Crippen LogP contribution in [0.25, 0.3) is 0 Å². The van der Waals surface area contributed by atoms with E-state index in [9.17, 15) is 4.79 Å². The zero-order valence-electron chi connectivity index (χ0n) is 11.0. The Morgan fingerprint density at radius 2 is 2.11 bits per heavy atom. The third-order valence-corrected chi connectivity index (χ3v) is 2.63. The molecule has 0 bridgehead atoms. The van der Waals surface area contributed by atoms with E-state index in [1.165, 1.54) is 0 Å². The van der Waals surface area contributed by atoms with E-state index in [0.717, 1.165) is 17.1 Å². The van der Waals surface area contributed by atoms with Crippen molar-refractivity contribution in [2.24, 2.45) is 0 Å². The number of oxazole rings is 1. The van der Waals surface area contributed by atoms with Gasteiger partial charge in [0, 0.05) is 0 Å². The number of hydrogen-bond acceptors (Lipinski definition) is 4. The molecule has 0 saturated carbocycles. The Hall–Kier alpha value is -2.30. The zero-order valence-corrected chi connectivity index (χ0v) is 11.0. The number of amides is 1. The predicted molar refractivity (Wildman–Crippen MR) is 69.8 cm³/mol. The average molecular weight is 260 g/mol. The fraction of sp³-hybridized carbons (Fsp3) is 0.286. The van der Waals surface area contributed by atoms with Crippen LogP contribution >= 0.6 is 0 Å². The fourth-order valence-corrected chi connectivity index (χ4v) is 1.65. The van der Waals surface area contributed by atoms with E-state index in [1.54, 1.807) is 13.3 Å². The standard InChI is InChI=1S/C14H16N2O3/c1-10-8-16-14(19-10)9-15-13(17)7-11-3-5-12(18-2)6-4-11/h3-6,8H,7,9H2,1-2H3,(H,15,17). The van der Waals surface area contributed by atoms with E-state index in [-0.39, 0.29) is 5.91 Å². The number of nitrogens with zero attached hydrogens (tertiary/aromatic N) is 1. The second kappa shape index (κ2) is 6.04. The van der Waals surface area contributed by atoms with E-state index in [4.69, 9.17) is 9.15 Å². The van der Waals surface area contributed by atoms with Gasteiger partial charge in [0.25, 0.3) is 0 Å². The van der Waals surface area contributed by atoms with Gasteiger partial charge in [0.15, 0.2) is 0 Å². The monoisotopic (exact) mass is 260 g/mol. The summed E-state index contributed by atoms with van der Waals surface area (Å²) < 4.78 is 10.3. The minimum atomic E-state index is -0.0685. The molecule has 2 aromatic rings. The molecule has 5 heteroatoms. The molecule has 2 rings (SSSR count). The minimum Gasteiger partial charge on any atom is -0.497 e. The van der Waals surface area contributed by atoms with Gasteiger partial charge >= 0.3 is 0 Å². The van der Waals surface area contributed by atoms with Crippen LogP contribution in [0.15, 0.2) is 34.9 Å². The summed E-state index contributed by atoms with van der Waals surface area (Å²) in [7, 11) is 1.61. The van der Waals surface area contributed by atoms with Gasteiger partial charge < -0.3 is 14.5 Å². The van der Waals surface area contributed by atoms with Crippen LogP contribution in [0.3, 0.4) is 0 Å². The van der Waals surface area contributed by atoms with Crippen molar-refractivity contribution in [3.05, 3.63) is 47.7 Å². The molecule has 0 radical (unpaired) electrons. The highest BCUT2D eigenvalue weighted by atomic mass is 16.5. The van der Waals surface area contributed by atoms with Crippen LogP contribution < -0.4 is 10.1 Å². The van der Waals surface area contributed by atoms with Crippen LogP contribution in [0.2, 0.25) is 0 Å². The summed E-state index contributed by atoms with van der Waals surface area (Å²) in [6.07, 6.45) is 1.95. The molecule has 1 amide bonds. The number of hydrogen-bond donors (Lipinski definition) is 1. The maximum Gasteiger partial charge on any atom is 0.224 e. The number of rotatable bonds is 5. The number of carbonyl (C=O) groups is 1. The highest BCUT2D eigenvalue weighted by molar-refractivity contribution is 5.78. The molecule has 0 aliphatic rings. The summed E-state index contributed by atoms with van der Waals surface area (Å²) in [4.78, 5) is 15.8. The first-order valence-electron chi connectivity index (χ1n) is 5.98. The Labute approximate surface area is 111 Å². The minimum absolute atomic E-state index is 0.0685. The number of benzene rings is 1. The molecule has 0 atom stereocenters. The zero-order chi connectivity index (χ0) is 13.7. The summed E-state index contributed by atoms with van der Waals surface area (Å²) in [5.41, 5.74) is 0.932. The number of carbonyl (C=O) groups excluding carboxylic acids is 1. The summed E-state index contributed by atoms with van der Waals surface area (Å²) in [6, 6.07) is 7.40. The van der Waals surface area contributed by atoms with Crippen molar-refractivity contribution >= 4 is 5.91 Å². The highest BCUT2D eigenvalue weighted by Gasteiger charge is 2.06. The third kappa shape index (κ3) is 3.84. The van der Waals surface area contributed by atoms with E-state index in [0.29, 0.717) is 18.9 Å². The first-order valence-corrected chi connectivity index (χ1v) is 5.98. The largest absolute Gasteiger partial charge is 0.497 e. The Bertz CT molecular complexity index is 546. The van der Waals surface area contributed by atoms with Gasteiger partial charge in [-0.25, -0.2) is 4.98 Å². The van der Waals surface area contributed by atoms with Crippen LogP contribution in [-0.4, -0.2) is 18.0 Å². The average Bonchev–Trinajstić information content (AvgIpc) is 2.83. The number of aromatic nitrogens is 1. The van der Waals surface area contributed by atoms with Gasteiger partial charge in [-0.2, -0.15) is 0 Å². The van der Waals surface area contributed by atoms with Gasteiger partial charge in [0.2, 0.25) is 11.8 Å². The number of ether oxygens (including phenoxy) is 1. The quantitative estimate of drug-likeness (QED) is 0.891. The molecule has 0 fully saturated rings. The second-order valence-electron chi connectivity index (χ2n) is 4.17. The van der Waals surface area contributed by atoms with Crippen LogP contribution in [0.4, 0.5) is 0 Å². The molecule has 100 valence electrons. The normalized spacial score (nSPS) is 10.2. The van der Waals surface area contributed by atoms with Crippen molar-refractivity contribution in [2.75, 3.05) is 7.11 Å². The van der Waals surface area contributed by atoms with Crippen LogP contribution in [0, 0.1) is 6.92 Å². The maximum atomic E-state index is 11.7. The van der Waals surface area contributed by atoms with Crippen molar-refractivity contribution in [2.45, 2.75) is 19.9 Å². The van der Waals surface area contributed by atoms with E-state index in [2.05, 4.69) is 10.3 Å². The molecular weight excluding hydrogens is 244 g/mol. The first kappa shape index (κ1) is 13.1. The fourth-order valence-electron chi connectivity index (χ4n) is 1.65. The van der Waals surface area contributed by atoms with Gasteiger partial charge in [0.05, 0.1) is 26.3 Å². The lowest BCUT2D eigenvalue weighted by molar-refractivity contribution is -0.120. The van der Waals surface area contributed by atoms with Crippen molar-refractivity contribution in [3.8, 4) is 5.75 Å². The van der Waals surface area contributed by atoms with Crippen LogP contribution in [0.5, 0.6) is 5.75 Å². The van der Waals surface area contributed by atoms with Crippen molar-refractivity contribution in [1.29, 1.82) is 0 Å². The lowest BCUT2D eigenvalue weighted by Gasteiger charge is -2.04. The molecule has 0 saturated heterocycles. The Morgan fingerprint density at radius 3 is 2.68 bits per heavy atom. The van der Waals surface area contributed by atoms with Crippen molar-refractivity contribution in [1.82, 2.24) is 10.3 Å². The Morgan fingerprint density at radius 1 is 1.37 bits per heavy atom. The van der Waals surface area contributed by atoms with Crippen molar-refractivity contribution < 1.29 is 13.9 Å². The van der Waals surface area contributed by atoms with Crippen LogP contribution in [-0.2, 0) is 17.8 Å². The third-order valence-electron chi connectivity index (χ3n) is 2.63. The highest BCUT2D eigenvalue weighted by Crippen LogP contribution is 2.11. The first-order chi connectivity index (χ1) is 9.17. The van der Waals surface area contributed by atoms with Crippen LogP contribution in [0.1, 0.15) is 17.2 Å². The molecule has 1 aromatic heterocycles.